The normalized spacial score (nSPS) is 14.8. The van der Waals surface area contributed by atoms with Gasteiger partial charge >= 0.3 is 0 Å². The second kappa shape index (κ2) is 5.95. The van der Waals surface area contributed by atoms with Gasteiger partial charge in [0.25, 0.3) is 0 Å². The van der Waals surface area contributed by atoms with Crippen LogP contribution in [0, 0.1) is 0 Å². The van der Waals surface area contributed by atoms with E-state index in [9.17, 15) is 0 Å². The summed E-state index contributed by atoms with van der Waals surface area (Å²) in [6.45, 7) is 1.78. The van der Waals surface area contributed by atoms with Crippen LogP contribution < -0.4 is 20.5 Å². The van der Waals surface area contributed by atoms with E-state index in [0.717, 1.165) is 33.6 Å². The molecule has 0 radical (unpaired) electrons. The van der Waals surface area contributed by atoms with Crippen LogP contribution in [0.1, 0.15) is 17.3 Å². The highest BCUT2D eigenvalue weighted by Gasteiger charge is 2.16. The van der Waals surface area contributed by atoms with E-state index in [2.05, 4.69) is 5.32 Å². The van der Waals surface area contributed by atoms with Crippen LogP contribution in [0.4, 0.5) is 0 Å². The highest BCUT2D eigenvalue weighted by Crippen LogP contribution is 2.33. The Kier molecular flexibility index (Phi) is 3.65. The summed E-state index contributed by atoms with van der Waals surface area (Å²) in [4.78, 5) is 0. The summed E-state index contributed by atoms with van der Waals surface area (Å²) in [5.74, 6) is 1.60. The number of nitrogens with two attached hydrogens (primary N) is 1. The molecule has 1 aromatic heterocycles. The Labute approximate surface area is 134 Å². The van der Waals surface area contributed by atoms with Gasteiger partial charge in [0.1, 0.15) is 18.8 Å². The lowest BCUT2D eigenvalue weighted by Gasteiger charge is -2.22. The maximum atomic E-state index is 6.26. The Morgan fingerprint density at radius 1 is 1.09 bits per heavy atom. The standard InChI is InChI=1S/C18H18N2O3/c19-18(13-4-5-15-12(10-13)6-7-21-15)20-11-14-2-1-3-16-17(14)23-9-8-22-16/h1-7,10,18,20H,8-9,11,19H2. The number of nitrogens with one attached hydrogen (secondary N) is 1. The van der Waals surface area contributed by atoms with Gasteiger partial charge in [-0.05, 0) is 29.8 Å². The van der Waals surface area contributed by atoms with Gasteiger partial charge < -0.3 is 19.6 Å². The van der Waals surface area contributed by atoms with E-state index in [1.54, 1.807) is 6.26 Å². The lowest BCUT2D eigenvalue weighted by Crippen LogP contribution is -2.28. The quantitative estimate of drug-likeness (QED) is 0.725. The van der Waals surface area contributed by atoms with Crippen molar-refractivity contribution in [1.29, 1.82) is 0 Å². The monoisotopic (exact) mass is 310 g/mol. The second-order valence-corrected chi connectivity index (χ2v) is 5.52. The van der Waals surface area contributed by atoms with Crippen molar-refractivity contribution in [3.8, 4) is 11.5 Å². The molecule has 118 valence electrons. The molecule has 0 saturated carbocycles. The first-order valence-electron chi connectivity index (χ1n) is 7.65. The zero-order valence-electron chi connectivity index (χ0n) is 12.6. The van der Waals surface area contributed by atoms with Gasteiger partial charge in [0.2, 0.25) is 0 Å². The van der Waals surface area contributed by atoms with Crippen LogP contribution in [-0.4, -0.2) is 13.2 Å². The molecule has 2 aromatic carbocycles. The molecular formula is C18H18N2O3. The van der Waals surface area contributed by atoms with Crippen LogP contribution in [0.15, 0.2) is 53.1 Å². The number of rotatable bonds is 4. The van der Waals surface area contributed by atoms with Crippen molar-refractivity contribution in [3.05, 3.63) is 59.9 Å². The Balaban J connectivity index is 1.50. The number of furan rings is 1. The first-order chi connectivity index (χ1) is 11.3. The summed E-state index contributed by atoms with van der Waals surface area (Å²) in [6, 6.07) is 13.8. The first-order valence-corrected chi connectivity index (χ1v) is 7.65. The van der Waals surface area contributed by atoms with Gasteiger partial charge in [-0.1, -0.05) is 18.2 Å². The Hall–Kier alpha value is -2.50. The van der Waals surface area contributed by atoms with Crippen LogP contribution in [0.3, 0.4) is 0 Å². The zero-order chi connectivity index (χ0) is 15.6. The van der Waals surface area contributed by atoms with Gasteiger partial charge in [0, 0.05) is 17.5 Å². The summed E-state index contributed by atoms with van der Waals surface area (Å²) in [6.07, 6.45) is 1.41. The van der Waals surface area contributed by atoms with E-state index in [-0.39, 0.29) is 6.17 Å². The Bertz CT molecular complexity index is 828. The lowest BCUT2D eigenvalue weighted by molar-refractivity contribution is 0.169. The topological polar surface area (TPSA) is 69.7 Å². The molecule has 1 atom stereocenters. The van der Waals surface area contributed by atoms with Gasteiger partial charge in [0.05, 0.1) is 12.4 Å². The third-order valence-corrected chi connectivity index (χ3v) is 4.00. The molecule has 0 bridgehead atoms. The SMILES string of the molecule is NC(NCc1cccc2c1OCCO2)c1ccc2occc2c1. The molecule has 0 fully saturated rings. The summed E-state index contributed by atoms with van der Waals surface area (Å²) in [7, 11) is 0. The van der Waals surface area contributed by atoms with Crippen LogP contribution in [0.5, 0.6) is 11.5 Å². The molecule has 23 heavy (non-hydrogen) atoms. The summed E-state index contributed by atoms with van der Waals surface area (Å²) in [5.41, 5.74) is 9.19. The molecule has 0 amide bonds. The first kappa shape index (κ1) is 14.1. The van der Waals surface area contributed by atoms with Crippen molar-refractivity contribution in [2.45, 2.75) is 12.7 Å². The molecule has 3 aromatic rings. The van der Waals surface area contributed by atoms with E-state index >= 15 is 0 Å². The van der Waals surface area contributed by atoms with Crippen LogP contribution in [0.25, 0.3) is 11.0 Å². The minimum Gasteiger partial charge on any atom is -0.486 e. The van der Waals surface area contributed by atoms with Crippen molar-refractivity contribution in [2.24, 2.45) is 5.73 Å². The average molecular weight is 310 g/mol. The Morgan fingerprint density at radius 2 is 2.00 bits per heavy atom. The molecule has 5 nitrogen and oxygen atoms in total. The molecule has 2 heterocycles. The Morgan fingerprint density at radius 3 is 2.96 bits per heavy atom. The maximum Gasteiger partial charge on any atom is 0.165 e. The van der Waals surface area contributed by atoms with Crippen LogP contribution in [-0.2, 0) is 6.54 Å². The van der Waals surface area contributed by atoms with Gasteiger partial charge in [-0.25, -0.2) is 0 Å². The number of hydrogen-bond donors (Lipinski definition) is 2. The predicted octanol–water partition coefficient (Wildman–Crippen LogP) is 2.95. The molecule has 0 aliphatic carbocycles. The minimum atomic E-state index is -0.269. The lowest BCUT2D eigenvalue weighted by atomic mass is 10.1. The fraction of sp³-hybridized carbons (Fsp3) is 0.222. The van der Waals surface area contributed by atoms with Crippen LogP contribution in [0.2, 0.25) is 0 Å². The maximum absolute atomic E-state index is 6.26. The van der Waals surface area contributed by atoms with Crippen molar-refractivity contribution in [2.75, 3.05) is 13.2 Å². The number of fused-ring (bicyclic) bond motifs is 2. The van der Waals surface area contributed by atoms with Crippen molar-refractivity contribution < 1.29 is 13.9 Å². The number of benzene rings is 2. The van der Waals surface area contributed by atoms with Crippen molar-refractivity contribution in [3.63, 3.8) is 0 Å². The largest absolute Gasteiger partial charge is 0.486 e. The fourth-order valence-electron chi connectivity index (χ4n) is 2.79. The molecule has 0 spiro atoms. The average Bonchev–Trinajstić information content (AvgIpc) is 3.07. The number of para-hydroxylation sites is 1. The molecule has 0 saturated heterocycles. The molecule has 1 unspecified atom stereocenters. The van der Waals surface area contributed by atoms with Crippen molar-refractivity contribution in [1.82, 2.24) is 5.32 Å². The molecule has 1 aliphatic rings. The second-order valence-electron chi connectivity index (χ2n) is 5.52. The molecule has 4 rings (SSSR count). The minimum absolute atomic E-state index is 0.269. The molecule has 3 N–H and O–H groups in total. The number of ether oxygens (including phenoxy) is 2. The van der Waals surface area contributed by atoms with Crippen molar-refractivity contribution >= 4 is 11.0 Å². The van der Waals surface area contributed by atoms with Gasteiger partial charge in [-0.3, -0.25) is 5.32 Å². The summed E-state index contributed by atoms with van der Waals surface area (Å²) in [5, 5.41) is 4.38. The zero-order valence-corrected chi connectivity index (χ0v) is 12.6. The smallest absolute Gasteiger partial charge is 0.165 e. The van der Waals surface area contributed by atoms with E-state index in [1.165, 1.54) is 0 Å². The third-order valence-electron chi connectivity index (χ3n) is 4.00. The highest BCUT2D eigenvalue weighted by atomic mass is 16.6. The fourth-order valence-corrected chi connectivity index (χ4v) is 2.79. The van der Waals surface area contributed by atoms with E-state index < -0.39 is 0 Å². The summed E-state index contributed by atoms with van der Waals surface area (Å²) < 4.78 is 16.7. The highest BCUT2D eigenvalue weighted by molar-refractivity contribution is 5.77. The van der Waals surface area contributed by atoms with Gasteiger partial charge in [-0.15, -0.1) is 0 Å². The van der Waals surface area contributed by atoms with Crippen LogP contribution >= 0.6 is 0 Å². The summed E-state index contributed by atoms with van der Waals surface area (Å²) >= 11 is 0. The van der Waals surface area contributed by atoms with Gasteiger partial charge in [0.15, 0.2) is 11.5 Å². The van der Waals surface area contributed by atoms with E-state index in [0.29, 0.717) is 19.8 Å². The predicted molar refractivity (Wildman–Crippen MR) is 87.4 cm³/mol. The molecule has 5 heteroatoms. The van der Waals surface area contributed by atoms with E-state index in [1.807, 2.05) is 42.5 Å². The van der Waals surface area contributed by atoms with E-state index in [4.69, 9.17) is 19.6 Å². The third kappa shape index (κ3) is 2.76. The number of hydrogen-bond acceptors (Lipinski definition) is 5. The molecule has 1 aliphatic heterocycles. The van der Waals surface area contributed by atoms with Gasteiger partial charge in [-0.2, -0.15) is 0 Å². The molecular weight excluding hydrogens is 292 g/mol.